The molecule has 17 heavy (non-hydrogen) atoms. The molecule has 0 unspecified atom stereocenters. The van der Waals surface area contributed by atoms with Crippen molar-refractivity contribution >= 4 is 36.7 Å². The Balaban J connectivity index is 2.31. The molecule has 0 saturated heterocycles. The second-order valence-corrected chi connectivity index (χ2v) is 6.51. The molecule has 0 aliphatic rings. The number of nitrogens with one attached hydrogen (secondary N) is 1. The van der Waals surface area contributed by atoms with Crippen LogP contribution < -0.4 is 4.72 Å². The van der Waals surface area contributed by atoms with Crippen molar-refractivity contribution in [3.8, 4) is 0 Å². The molecule has 5 nitrogen and oxygen atoms in total. The monoisotopic (exact) mass is 272 g/mol. The second kappa shape index (κ2) is 4.59. The molecule has 0 radical (unpaired) electrons. The van der Waals surface area contributed by atoms with Crippen molar-refractivity contribution in [2.24, 2.45) is 0 Å². The SMILES string of the molecule is Cc1ccc2nc(NS(=O)(=O)CCO)sc2c1. The number of anilines is 1. The summed E-state index contributed by atoms with van der Waals surface area (Å²) < 4.78 is 26.2. The van der Waals surface area contributed by atoms with Crippen LogP contribution in [0.4, 0.5) is 5.13 Å². The molecular weight excluding hydrogens is 260 g/mol. The van der Waals surface area contributed by atoms with Gasteiger partial charge >= 0.3 is 0 Å². The summed E-state index contributed by atoms with van der Waals surface area (Å²) in [6, 6.07) is 5.73. The Hall–Kier alpha value is -1.18. The predicted octanol–water partition coefficient (Wildman–Crippen LogP) is 1.34. The minimum absolute atomic E-state index is 0.318. The van der Waals surface area contributed by atoms with E-state index >= 15 is 0 Å². The lowest BCUT2D eigenvalue weighted by Gasteiger charge is -2.01. The van der Waals surface area contributed by atoms with E-state index in [1.165, 1.54) is 11.3 Å². The van der Waals surface area contributed by atoms with Gasteiger partial charge < -0.3 is 5.11 Å². The number of thiazole rings is 1. The first-order chi connectivity index (χ1) is 8.00. The molecule has 0 amide bonds. The lowest BCUT2D eigenvalue weighted by Crippen LogP contribution is -2.18. The highest BCUT2D eigenvalue weighted by Gasteiger charge is 2.12. The number of nitrogens with zero attached hydrogens (tertiary/aromatic N) is 1. The van der Waals surface area contributed by atoms with Gasteiger partial charge in [-0.2, -0.15) is 0 Å². The minimum Gasteiger partial charge on any atom is -0.395 e. The summed E-state index contributed by atoms with van der Waals surface area (Å²) in [5.41, 5.74) is 1.87. The number of aliphatic hydroxyl groups is 1. The average molecular weight is 272 g/mol. The van der Waals surface area contributed by atoms with Crippen LogP contribution in [0.3, 0.4) is 0 Å². The van der Waals surface area contributed by atoms with Crippen molar-refractivity contribution in [3.63, 3.8) is 0 Å². The third-order valence-corrected chi connectivity index (χ3v) is 4.43. The minimum atomic E-state index is -3.49. The summed E-state index contributed by atoms with van der Waals surface area (Å²) >= 11 is 1.28. The molecule has 1 heterocycles. The third kappa shape index (κ3) is 2.93. The molecule has 0 atom stereocenters. The zero-order valence-electron chi connectivity index (χ0n) is 9.17. The Morgan fingerprint density at radius 1 is 1.47 bits per heavy atom. The van der Waals surface area contributed by atoms with E-state index in [9.17, 15) is 8.42 Å². The van der Waals surface area contributed by atoms with E-state index in [4.69, 9.17) is 5.11 Å². The van der Waals surface area contributed by atoms with Crippen LogP contribution in [0.2, 0.25) is 0 Å². The van der Waals surface area contributed by atoms with Gasteiger partial charge in [-0.1, -0.05) is 17.4 Å². The van der Waals surface area contributed by atoms with Gasteiger partial charge in [-0.05, 0) is 24.6 Å². The van der Waals surface area contributed by atoms with Crippen LogP contribution in [-0.2, 0) is 10.0 Å². The van der Waals surface area contributed by atoms with Crippen LogP contribution in [0.15, 0.2) is 18.2 Å². The number of hydrogen-bond acceptors (Lipinski definition) is 5. The van der Waals surface area contributed by atoms with Crippen molar-refractivity contribution in [3.05, 3.63) is 23.8 Å². The molecule has 0 aliphatic heterocycles. The Bertz CT molecular complexity index is 634. The number of rotatable bonds is 4. The molecule has 1 aromatic heterocycles. The van der Waals surface area contributed by atoms with Gasteiger partial charge in [0.05, 0.1) is 22.6 Å². The van der Waals surface area contributed by atoms with Crippen molar-refractivity contribution < 1.29 is 13.5 Å². The molecular formula is C10H12N2O3S2. The fourth-order valence-corrected chi connectivity index (χ4v) is 3.40. The summed E-state index contributed by atoms with van der Waals surface area (Å²) in [5, 5.41) is 8.95. The highest BCUT2D eigenvalue weighted by molar-refractivity contribution is 7.92. The molecule has 0 bridgehead atoms. The normalized spacial score (nSPS) is 11.9. The number of benzene rings is 1. The molecule has 0 spiro atoms. The number of aromatic nitrogens is 1. The van der Waals surface area contributed by atoms with Crippen molar-refractivity contribution in [2.45, 2.75) is 6.92 Å². The lowest BCUT2D eigenvalue weighted by molar-refractivity contribution is 0.320. The van der Waals surface area contributed by atoms with Gasteiger partial charge in [0.2, 0.25) is 10.0 Å². The van der Waals surface area contributed by atoms with Gasteiger partial charge in [0.15, 0.2) is 5.13 Å². The Labute approximate surface area is 103 Å². The molecule has 0 fully saturated rings. The van der Waals surface area contributed by atoms with Crippen LogP contribution in [-0.4, -0.2) is 30.9 Å². The Morgan fingerprint density at radius 2 is 2.24 bits per heavy atom. The van der Waals surface area contributed by atoms with Crippen LogP contribution in [0.25, 0.3) is 10.2 Å². The van der Waals surface area contributed by atoms with Crippen LogP contribution in [0.1, 0.15) is 5.56 Å². The van der Waals surface area contributed by atoms with E-state index in [2.05, 4.69) is 9.71 Å². The molecule has 2 rings (SSSR count). The maximum Gasteiger partial charge on any atom is 0.236 e. The van der Waals surface area contributed by atoms with Gasteiger partial charge in [0, 0.05) is 0 Å². The molecule has 1 aromatic carbocycles. The number of fused-ring (bicyclic) bond motifs is 1. The van der Waals surface area contributed by atoms with Crippen molar-refractivity contribution in [2.75, 3.05) is 17.1 Å². The van der Waals surface area contributed by atoms with Crippen LogP contribution in [0.5, 0.6) is 0 Å². The van der Waals surface area contributed by atoms with E-state index in [0.29, 0.717) is 5.13 Å². The maximum atomic E-state index is 11.4. The van der Waals surface area contributed by atoms with Crippen molar-refractivity contribution in [1.29, 1.82) is 0 Å². The standard InChI is InChI=1S/C10H12N2O3S2/c1-7-2-3-8-9(6-7)16-10(11-8)12-17(14,15)5-4-13/h2-3,6,13H,4-5H2,1H3,(H,11,12). The maximum absolute atomic E-state index is 11.4. The summed E-state index contributed by atoms with van der Waals surface area (Å²) in [4.78, 5) is 4.17. The average Bonchev–Trinajstić information content (AvgIpc) is 2.57. The largest absolute Gasteiger partial charge is 0.395 e. The second-order valence-electron chi connectivity index (χ2n) is 3.63. The number of sulfonamides is 1. The predicted molar refractivity (Wildman–Crippen MR) is 68.9 cm³/mol. The van der Waals surface area contributed by atoms with Crippen LogP contribution >= 0.6 is 11.3 Å². The summed E-state index contributed by atoms with van der Waals surface area (Å²) in [6.07, 6.45) is 0. The fraction of sp³-hybridized carbons (Fsp3) is 0.300. The van der Waals surface area contributed by atoms with Gasteiger partial charge in [-0.25, -0.2) is 13.4 Å². The number of aliphatic hydroxyl groups excluding tert-OH is 1. The third-order valence-electron chi connectivity index (χ3n) is 2.15. The summed E-state index contributed by atoms with van der Waals surface area (Å²) in [5.74, 6) is -0.318. The molecule has 0 aliphatic carbocycles. The van der Waals surface area contributed by atoms with E-state index in [1.54, 1.807) is 0 Å². The molecule has 2 aromatic rings. The first kappa shape index (κ1) is 12.3. The summed E-state index contributed by atoms with van der Waals surface area (Å²) in [6.45, 7) is 1.56. The Morgan fingerprint density at radius 3 is 2.94 bits per heavy atom. The fourth-order valence-electron chi connectivity index (χ4n) is 1.38. The smallest absolute Gasteiger partial charge is 0.236 e. The zero-order valence-corrected chi connectivity index (χ0v) is 10.8. The van der Waals surface area contributed by atoms with Gasteiger partial charge in [0.1, 0.15) is 0 Å². The first-order valence-electron chi connectivity index (χ1n) is 4.99. The van der Waals surface area contributed by atoms with Gasteiger partial charge in [-0.15, -0.1) is 0 Å². The lowest BCUT2D eigenvalue weighted by atomic mass is 10.2. The zero-order chi connectivity index (χ0) is 12.5. The highest BCUT2D eigenvalue weighted by atomic mass is 32.2. The van der Waals surface area contributed by atoms with E-state index in [0.717, 1.165) is 15.8 Å². The number of aryl methyl sites for hydroxylation is 1. The van der Waals surface area contributed by atoms with E-state index in [-0.39, 0.29) is 5.75 Å². The molecule has 0 saturated carbocycles. The van der Waals surface area contributed by atoms with Crippen LogP contribution in [0, 0.1) is 6.92 Å². The topological polar surface area (TPSA) is 79.3 Å². The van der Waals surface area contributed by atoms with Crippen molar-refractivity contribution in [1.82, 2.24) is 4.98 Å². The van der Waals surface area contributed by atoms with E-state index < -0.39 is 16.6 Å². The van der Waals surface area contributed by atoms with E-state index in [1.807, 2.05) is 25.1 Å². The van der Waals surface area contributed by atoms with Gasteiger partial charge in [-0.3, -0.25) is 4.72 Å². The molecule has 7 heteroatoms. The number of hydrogen-bond donors (Lipinski definition) is 2. The first-order valence-corrected chi connectivity index (χ1v) is 7.45. The summed E-state index contributed by atoms with van der Waals surface area (Å²) in [7, 11) is -3.49. The van der Waals surface area contributed by atoms with Gasteiger partial charge in [0.25, 0.3) is 0 Å². The Kier molecular flexibility index (Phi) is 3.32. The molecule has 2 N–H and O–H groups in total. The highest BCUT2D eigenvalue weighted by Crippen LogP contribution is 2.27. The quantitative estimate of drug-likeness (QED) is 0.880. The molecule has 92 valence electrons.